The molecule has 0 saturated carbocycles. The fourth-order valence-electron chi connectivity index (χ4n) is 0.745. The third-order valence-electron chi connectivity index (χ3n) is 2.12. The standard InChI is InChI=1S/C7H17N3O/c1-5-10(4)7(2,3)6(11)9-8/h5,8H2,1-4H3,(H,9,11). The minimum atomic E-state index is -0.524. The Balaban J connectivity index is 4.31. The SMILES string of the molecule is CCN(C)C(C)(C)C(=O)NN. The lowest BCUT2D eigenvalue weighted by atomic mass is 10.0. The summed E-state index contributed by atoms with van der Waals surface area (Å²) in [7, 11) is 1.88. The molecule has 0 atom stereocenters. The first-order chi connectivity index (χ1) is 4.96. The van der Waals surface area contributed by atoms with Gasteiger partial charge in [0.25, 0.3) is 5.91 Å². The second-order valence-corrected chi connectivity index (χ2v) is 3.05. The molecular formula is C7H17N3O. The van der Waals surface area contributed by atoms with Crippen LogP contribution in [0.4, 0.5) is 0 Å². The van der Waals surface area contributed by atoms with Crippen LogP contribution in [0.3, 0.4) is 0 Å². The molecule has 4 nitrogen and oxygen atoms in total. The molecule has 11 heavy (non-hydrogen) atoms. The van der Waals surface area contributed by atoms with E-state index in [2.05, 4.69) is 5.43 Å². The second-order valence-electron chi connectivity index (χ2n) is 3.05. The minimum absolute atomic E-state index is 0.165. The molecule has 3 N–H and O–H groups in total. The Morgan fingerprint density at radius 1 is 1.64 bits per heavy atom. The molecule has 0 radical (unpaired) electrons. The molecule has 0 aliphatic rings. The Labute approximate surface area is 67.7 Å². The van der Waals surface area contributed by atoms with Crippen molar-refractivity contribution in [1.29, 1.82) is 0 Å². The van der Waals surface area contributed by atoms with Gasteiger partial charge in [0, 0.05) is 0 Å². The molecule has 0 unspecified atom stereocenters. The number of amides is 1. The molecule has 0 aromatic rings. The van der Waals surface area contributed by atoms with Crippen LogP contribution in [0.25, 0.3) is 0 Å². The fourth-order valence-corrected chi connectivity index (χ4v) is 0.745. The predicted molar refractivity (Wildman–Crippen MR) is 44.7 cm³/mol. The smallest absolute Gasteiger partial charge is 0.253 e. The van der Waals surface area contributed by atoms with Gasteiger partial charge in [-0.3, -0.25) is 15.1 Å². The molecule has 0 bridgehead atoms. The Hall–Kier alpha value is -0.610. The van der Waals surface area contributed by atoms with E-state index in [1.807, 2.05) is 32.7 Å². The Morgan fingerprint density at radius 3 is 2.36 bits per heavy atom. The largest absolute Gasteiger partial charge is 0.293 e. The fraction of sp³-hybridized carbons (Fsp3) is 0.857. The molecule has 0 aromatic heterocycles. The highest BCUT2D eigenvalue weighted by atomic mass is 16.2. The molecule has 0 rings (SSSR count). The van der Waals surface area contributed by atoms with Gasteiger partial charge < -0.3 is 0 Å². The van der Waals surface area contributed by atoms with Crippen LogP contribution >= 0.6 is 0 Å². The van der Waals surface area contributed by atoms with E-state index in [0.717, 1.165) is 6.54 Å². The highest BCUT2D eigenvalue weighted by Crippen LogP contribution is 2.10. The van der Waals surface area contributed by atoms with E-state index >= 15 is 0 Å². The summed E-state index contributed by atoms with van der Waals surface area (Å²) in [5, 5.41) is 0. The number of carbonyl (C=O) groups is 1. The van der Waals surface area contributed by atoms with Crippen LogP contribution in [0.2, 0.25) is 0 Å². The maximum Gasteiger partial charge on any atom is 0.253 e. The third-order valence-corrected chi connectivity index (χ3v) is 2.12. The molecule has 0 saturated heterocycles. The van der Waals surface area contributed by atoms with Gasteiger partial charge in [-0.15, -0.1) is 0 Å². The molecule has 0 aliphatic carbocycles. The van der Waals surface area contributed by atoms with Crippen LogP contribution in [0.5, 0.6) is 0 Å². The van der Waals surface area contributed by atoms with E-state index in [1.54, 1.807) is 0 Å². The molecule has 0 heterocycles. The summed E-state index contributed by atoms with van der Waals surface area (Å²) in [4.78, 5) is 13.1. The van der Waals surface area contributed by atoms with Crippen LogP contribution in [0.15, 0.2) is 0 Å². The van der Waals surface area contributed by atoms with E-state index in [4.69, 9.17) is 5.84 Å². The topological polar surface area (TPSA) is 58.4 Å². The average Bonchev–Trinajstić information content (AvgIpc) is 2.01. The number of nitrogens with zero attached hydrogens (tertiary/aromatic N) is 1. The summed E-state index contributed by atoms with van der Waals surface area (Å²) in [6.45, 7) is 6.48. The van der Waals surface area contributed by atoms with Crippen molar-refractivity contribution in [3.05, 3.63) is 0 Å². The Bertz CT molecular complexity index is 145. The number of carbonyl (C=O) groups excluding carboxylic acids is 1. The Morgan fingerprint density at radius 2 is 2.09 bits per heavy atom. The predicted octanol–water partition coefficient (Wildman–Crippen LogP) is -0.293. The number of hydrazine groups is 1. The molecule has 4 heteroatoms. The molecule has 0 fully saturated rings. The van der Waals surface area contributed by atoms with Gasteiger partial charge in [0.2, 0.25) is 0 Å². The van der Waals surface area contributed by atoms with Gasteiger partial charge in [0.05, 0.1) is 5.54 Å². The maximum absolute atomic E-state index is 11.2. The first-order valence-electron chi connectivity index (χ1n) is 3.69. The average molecular weight is 159 g/mol. The zero-order valence-electron chi connectivity index (χ0n) is 7.64. The number of nitrogens with one attached hydrogen (secondary N) is 1. The zero-order chi connectivity index (χ0) is 9.07. The van der Waals surface area contributed by atoms with Crippen molar-refractivity contribution in [3.63, 3.8) is 0 Å². The third kappa shape index (κ3) is 2.17. The van der Waals surface area contributed by atoms with Crippen molar-refractivity contribution >= 4 is 5.91 Å². The molecule has 0 aromatic carbocycles. The van der Waals surface area contributed by atoms with Crippen LogP contribution in [-0.2, 0) is 4.79 Å². The van der Waals surface area contributed by atoms with E-state index in [9.17, 15) is 4.79 Å². The number of nitrogens with two attached hydrogens (primary N) is 1. The lowest BCUT2D eigenvalue weighted by Crippen LogP contribution is -2.54. The summed E-state index contributed by atoms with van der Waals surface area (Å²) in [6, 6.07) is 0. The van der Waals surface area contributed by atoms with Crippen LogP contribution < -0.4 is 11.3 Å². The quantitative estimate of drug-likeness (QED) is 0.338. The molecule has 0 spiro atoms. The maximum atomic E-state index is 11.2. The van der Waals surface area contributed by atoms with Gasteiger partial charge >= 0.3 is 0 Å². The van der Waals surface area contributed by atoms with E-state index in [0.29, 0.717) is 0 Å². The van der Waals surface area contributed by atoms with Crippen molar-refractivity contribution in [2.75, 3.05) is 13.6 Å². The van der Waals surface area contributed by atoms with E-state index < -0.39 is 5.54 Å². The lowest BCUT2D eigenvalue weighted by Gasteiger charge is -2.32. The van der Waals surface area contributed by atoms with Gasteiger partial charge in [-0.25, -0.2) is 5.84 Å². The molecule has 0 aliphatic heterocycles. The second kappa shape index (κ2) is 3.69. The normalized spacial score (nSPS) is 11.8. The van der Waals surface area contributed by atoms with Crippen LogP contribution in [-0.4, -0.2) is 29.9 Å². The number of rotatable bonds is 3. The first-order valence-corrected chi connectivity index (χ1v) is 3.69. The summed E-state index contributed by atoms with van der Waals surface area (Å²) in [6.07, 6.45) is 0. The van der Waals surface area contributed by atoms with Crippen LogP contribution in [0.1, 0.15) is 20.8 Å². The zero-order valence-corrected chi connectivity index (χ0v) is 7.64. The van der Waals surface area contributed by atoms with Crippen molar-refractivity contribution < 1.29 is 4.79 Å². The first kappa shape index (κ1) is 10.4. The number of likely N-dealkylation sites (N-methyl/N-ethyl adjacent to an activating group) is 1. The van der Waals surface area contributed by atoms with Crippen molar-refractivity contribution in [2.45, 2.75) is 26.3 Å². The van der Waals surface area contributed by atoms with E-state index in [1.165, 1.54) is 0 Å². The molecular weight excluding hydrogens is 142 g/mol. The number of hydrogen-bond acceptors (Lipinski definition) is 3. The van der Waals surface area contributed by atoms with Gasteiger partial charge in [0.15, 0.2) is 0 Å². The van der Waals surface area contributed by atoms with Gasteiger partial charge in [-0.2, -0.15) is 0 Å². The van der Waals surface area contributed by atoms with Crippen molar-refractivity contribution in [2.24, 2.45) is 5.84 Å². The minimum Gasteiger partial charge on any atom is -0.293 e. The van der Waals surface area contributed by atoms with Crippen molar-refractivity contribution in [3.8, 4) is 0 Å². The summed E-state index contributed by atoms with van der Waals surface area (Å²) in [5.41, 5.74) is 1.62. The van der Waals surface area contributed by atoms with Gasteiger partial charge in [-0.05, 0) is 27.4 Å². The monoisotopic (exact) mass is 159 g/mol. The highest BCUT2D eigenvalue weighted by molar-refractivity contribution is 5.84. The van der Waals surface area contributed by atoms with Crippen molar-refractivity contribution in [1.82, 2.24) is 10.3 Å². The summed E-state index contributed by atoms with van der Waals surface area (Å²) >= 11 is 0. The van der Waals surface area contributed by atoms with Crippen LogP contribution in [0, 0.1) is 0 Å². The lowest BCUT2D eigenvalue weighted by molar-refractivity contribution is -0.130. The summed E-state index contributed by atoms with van der Waals surface area (Å²) < 4.78 is 0. The number of hydrogen-bond donors (Lipinski definition) is 2. The van der Waals surface area contributed by atoms with Gasteiger partial charge in [-0.1, -0.05) is 6.92 Å². The Kier molecular flexibility index (Phi) is 3.48. The highest BCUT2D eigenvalue weighted by Gasteiger charge is 2.30. The molecule has 1 amide bonds. The molecule has 66 valence electrons. The van der Waals surface area contributed by atoms with E-state index in [-0.39, 0.29) is 5.91 Å². The summed E-state index contributed by atoms with van der Waals surface area (Å²) in [5.74, 6) is 4.86. The van der Waals surface area contributed by atoms with Gasteiger partial charge in [0.1, 0.15) is 0 Å².